The van der Waals surface area contributed by atoms with Crippen molar-refractivity contribution in [2.75, 3.05) is 16.9 Å². The first-order valence-electron chi connectivity index (χ1n) is 16.6. The van der Waals surface area contributed by atoms with Gasteiger partial charge in [-0.15, -0.1) is 10.2 Å². The Morgan fingerprint density at radius 3 is 1.95 bits per heavy atom. The van der Waals surface area contributed by atoms with Crippen molar-refractivity contribution in [3.05, 3.63) is 132 Å². The lowest BCUT2D eigenvalue weighted by Crippen LogP contribution is -2.15. The molecule has 5 aromatic rings. The number of carbonyl (C=O) groups excluding carboxylic acids is 1. The smallest absolute Gasteiger partial charge is 0.339 e. The number of nitrogen functional groups attached to an aromatic ring is 2. The maximum Gasteiger partial charge on any atom is 0.339 e. The number of hydrogen-bond acceptors (Lipinski definition) is 14. The molecule has 16 nitrogen and oxygen atoms in total. The van der Waals surface area contributed by atoms with E-state index in [1.807, 2.05) is 43.3 Å². The normalized spacial score (nSPS) is 13.9. The molecular formula is C39H32N10O6S. The first kappa shape index (κ1) is 38.2. The van der Waals surface area contributed by atoms with Gasteiger partial charge >= 0.3 is 5.97 Å². The number of rotatable bonds is 11. The molecule has 17 heteroatoms. The van der Waals surface area contributed by atoms with E-state index in [0.717, 1.165) is 34.5 Å². The summed E-state index contributed by atoms with van der Waals surface area (Å²) in [7, 11) is -4.82. The van der Waals surface area contributed by atoms with Gasteiger partial charge in [0, 0.05) is 0 Å². The number of azo groups is 3. The van der Waals surface area contributed by atoms with E-state index in [4.69, 9.17) is 16.6 Å². The summed E-state index contributed by atoms with van der Waals surface area (Å²) in [6, 6.07) is 27.9. The summed E-state index contributed by atoms with van der Waals surface area (Å²) >= 11 is 0. The van der Waals surface area contributed by atoms with Crippen molar-refractivity contribution in [2.45, 2.75) is 18.7 Å². The highest BCUT2D eigenvalue weighted by Crippen LogP contribution is 2.43. The Bertz CT molecular complexity index is 2670. The molecule has 0 aromatic heterocycles. The SMILES string of the molecule is Cc1ccccc1N=Nc1ccc(N=Nc2c(N)c(N=Nc3ccc(-c4ccc(NN=C5C=CC(=O)C(C(=O)O)=C5)cc4)cc3)cc(S(=O)(=O)O)c2N)c(C)c1. The van der Waals surface area contributed by atoms with Gasteiger partial charge in [0.25, 0.3) is 10.1 Å². The number of carbonyl (C=O) groups is 2. The largest absolute Gasteiger partial charge is 0.478 e. The van der Waals surface area contributed by atoms with E-state index in [1.54, 1.807) is 61.5 Å². The fourth-order valence-electron chi connectivity index (χ4n) is 5.22. The summed E-state index contributed by atoms with van der Waals surface area (Å²) in [6.07, 6.45) is 3.75. The summed E-state index contributed by atoms with van der Waals surface area (Å²) in [5, 5.41) is 38.6. The number of carboxylic acids is 1. The molecule has 0 bridgehead atoms. The Balaban J connectivity index is 1.18. The van der Waals surface area contributed by atoms with Crippen molar-refractivity contribution in [3.63, 3.8) is 0 Å². The zero-order valence-electron chi connectivity index (χ0n) is 29.7. The number of ketones is 1. The molecular weight excluding hydrogens is 737 g/mol. The van der Waals surface area contributed by atoms with Crippen LogP contribution in [-0.2, 0) is 19.7 Å². The number of nitrogens with zero attached hydrogens (tertiary/aromatic N) is 7. The lowest BCUT2D eigenvalue weighted by molar-refractivity contribution is -0.134. The molecule has 0 unspecified atom stereocenters. The first-order chi connectivity index (χ1) is 26.8. The number of hydrogen-bond donors (Lipinski definition) is 5. The van der Waals surface area contributed by atoms with Gasteiger partial charge < -0.3 is 16.6 Å². The molecule has 0 saturated carbocycles. The second-order valence-corrected chi connectivity index (χ2v) is 13.6. The second-order valence-electron chi connectivity index (χ2n) is 12.2. The Morgan fingerprint density at radius 1 is 0.679 bits per heavy atom. The van der Waals surface area contributed by atoms with Gasteiger partial charge in [0.2, 0.25) is 0 Å². The number of hydrazone groups is 1. The topological polar surface area (TPSA) is 259 Å². The van der Waals surface area contributed by atoms with Crippen LogP contribution in [0.1, 0.15) is 11.1 Å². The van der Waals surface area contributed by atoms with Gasteiger partial charge in [-0.05, 0) is 109 Å². The summed E-state index contributed by atoms with van der Waals surface area (Å²) in [5.74, 6) is -1.93. The van der Waals surface area contributed by atoms with Gasteiger partial charge in [-0.25, -0.2) is 4.79 Å². The molecule has 7 N–H and O–H groups in total. The van der Waals surface area contributed by atoms with Gasteiger partial charge in [-0.1, -0.05) is 42.5 Å². The van der Waals surface area contributed by atoms with Crippen molar-refractivity contribution in [1.82, 2.24) is 0 Å². The van der Waals surface area contributed by atoms with E-state index in [9.17, 15) is 22.6 Å². The lowest BCUT2D eigenvalue weighted by Gasteiger charge is -2.10. The molecule has 0 radical (unpaired) electrons. The van der Waals surface area contributed by atoms with Crippen molar-refractivity contribution in [3.8, 4) is 11.1 Å². The molecule has 0 atom stereocenters. The average molecular weight is 769 g/mol. The summed E-state index contributed by atoms with van der Waals surface area (Å²) in [6.45, 7) is 3.73. The van der Waals surface area contributed by atoms with E-state index in [1.165, 1.54) is 12.2 Å². The highest BCUT2D eigenvalue weighted by Gasteiger charge is 2.23. The van der Waals surface area contributed by atoms with Crippen LogP contribution in [0.25, 0.3) is 11.1 Å². The number of nitrogens with two attached hydrogens (primary N) is 2. The van der Waals surface area contributed by atoms with Gasteiger partial charge in [0.05, 0.1) is 45.5 Å². The van der Waals surface area contributed by atoms with Crippen molar-refractivity contribution in [1.29, 1.82) is 0 Å². The van der Waals surface area contributed by atoms with E-state index >= 15 is 0 Å². The van der Waals surface area contributed by atoms with Gasteiger partial charge in [-0.2, -0.15) is 34.0 Å². The molecule has 1 aliphatic rings. The maximum atomic E-state index is 12.3. The van der Waals surface area contributed by atoms with E-state index in [2.05, 4.69) is 41.2 Å². The maximum absolute atomic E-state index is 12.3. The number of aryl methyl sites for hydroxylation is 2. The summed E-state index contributed by atoms with van der Waals surface area (Å²) in [4.78, 5) is 22.3. The van der Waals surface area contributed by atoms with Crippen LogP contribution in [0, 0.1) is 13.8 Å². The van der Waals surface area contributed by atoms with Crippen LogP contribution in [0.15, 0.2) is 162 Å². The van der Waals surface area contributed by atoms with Crippen molar-refractivity contribution in [2.24, 2.45) is 35.8 Å². The molecule has 1 aliphatic carbocycles. The number of anilines is 3. The Kier molecular flexibility index (Phi) is 11.1. The molecule has 0 aliphatic heterocycles. The molecule has 280 valence electrons. The zero-order valence-corrected chi connectivity index (χ0v) is 30.5. The lowest BCUT2D eigenvalue weighted by atomic mass is 10.0. The van der Waals surface area contributed by atoms with Crippen LogP contribution in [0.2, 0.25) is 0 Å². The quantitative estimate of drug-likeness (QED) is 0.0214. The van der Waals surface area contributed by atoms with Crippen molar-refractivity contribution >= 4 is 78.8 Å². The van der Waals surface area contributed by atoms with Crippen molar-refractivity contribution < 1.29 is 27.7 Å². The Labute approximate surface area is 320 Å². The molecule has 0 spiro atoms. The predicted octanol–water partition coefficient (Wildman–Crippen LogP) is 9.55. The molecule has 0 saturated heterocycles. The minimum absolute atomic E-state index is 0.120. The number of nitrogens with one attached hydrogen (secondary N) is 1. The van der Waals surface area contributed by atoms with Crippen LogP contribution in [-0.4, -0.2) is 35.5 Å². The summed E-state index contributed by atoms with van der Waals surface area (Å²) < 4.78 is 34.5. The van der Waals surface area contributed by atoms with Crippen LogP contribution in [0.4, 0.5) is 51.2 Å². The average Bonchev–Trinajstić information content (AvgIpc) is 3.17. The molecule has 56 heavy (non-hydrogen) atoms. The Morgan fingerprint density at radius 2 is 1.29 bits per heavy atom. The molecule has 0 amide bonds. The number of carboxylic acid groups (broad SMARTS) is 1. The van der Waals surface area contributed by atoms with Gasteiger partial charge in [-0.3, -0.25) is 14.8 Å². The first-order valence-corrected chi connectivity index (χ1v) is 18.0. The highest BCUT2D eigenvalue weighted by atomic mass is 32.2. The predicted molar refractivity (Wildman–Crippen MR) is 213 cm³/mol. The fraction of sp³-hybridized carbons (Fsp3) is 0.0513. The third-order valence-electron chi connectivity index (χ3n) is 8.29. The van der Waals surface area contributed by atoms with Crippen LogP contribution in [0.3, 0.4) is 0 Å². The standard InChI is InChI=1S/C39H32N10O6S/c1-22-5-3-4-6-31(22)46-45-28-15-17-32(23(2)19-28)47-49-38-36(40)33(21-35(37(38)41)56(53,54)55)48-43-27-13-9-25(10-14-27)24-7-11-26(12-8-24)42-44-29-16-18-34(50)30(20-29)39(51)52/h3-21,42H,40-41H2,1-2H3,(H,51,52)(H,53,54,55). The van der Waals surface area contributed by atoms with Crippen LogP contribution < -0.4 is 16.9 Å². The van der Waals surface area contributed by atoms with E-state index in [0.29, 0.717) is 28.3 Å². The zero-order chi connectivity index (χ0) is 40.0. The molecule has 5 aromatic carbocycles. The van der Waals surface area contributed by atoms with E-state index < -0.39 is 32.5 Å². The minimum Gasteiger partial charge on any atom is -0.478 e. The Hall–Kier alpha value is -7.50. The number of benzene rings is 5. The fourth-order valence-corrected chi connectivity index (χ4v) is 5.86. The number of aliphatic carboxylic acids is 1. The minimum atomic E-state index is -4.82. The second kappa shape index (κ2) is 16.3. The third kappa shape index (κ3) is 8.99. The summed E-state index contributed by atoms with van der Waals surface area (Å²) in [5.41, 5.74) is 20.4. The third-order valence-corrected chi connectivity index (χ3v) is 9.18. The molecule has 0 fully saturated rings. The highest BCUT2D eigenvalue weighted by molar-refractivity contribution is 7.86. The molecule has 6 rings (SSSR count). The number of allylic oxidation sites excluding steroid dienone is 3. The van der Waals surface area contributed by atoms with Gasteiger partial charge in [0.15, 0.2) is 5.78 Å². The van der Waals surface area contributed by atoms with E-state index in [-0.39, 0.29) is 28.3 Å². The molecule has 0 heterocycles. The van der Waals surface area contributed by atoms with Gasteiger partial charge in [0.1, 0.15) is 21.8 Å². The monoisotopic (exact) mass is 768 g/mol. The van der Waals surface area contributed by atoms with Crippen LogP contribution in [0.5, 0.6) is 0 Å². The van der Waals surface area contributed by atoms with Crippen LogP contribution >= 0.6 is 0 Å².